The molecule has 0 unspecified atom stereocenters. The minimum Gasteiger partial charge on any atom is -0.353 e. The summed E-state index contributed by atoms with van der Waals surface area (Å²) in [5, 5.41) is 2.41. The van der Waals surface area contributed by atoms with E-state index in [1.54, 1.807) is 0 Å². The molecule has 22 heavy (non-hydrogen) atoms. The first-order valence-electron chi connectivity index (χ1n) is 8.16. The molecule has 0 radical (unpaired) electrons. The lowest BCUT2D eigenvalue weighted by Gasteiger charge is -2.36. The fourth-order valence-electron chi connectivity index (χ4n) is 3.01. The van der Waals surface area contributed by atoms with Crippen molar-refractivity contribution in [3.63, 3.8) is 0 Å². The van der Waals surface area contributed by atoms with Crippen molar-refractivity contribution in [1.82, 2.24) is 9.88 Å². The van der Waals surface area contributed by atoms with Crippen LogP contribution in [0.1, 0.15) is 26.2 Å². The second-order valence-corrected chi connectivity index (χ2v) is 5.83. The van der Waals surface area contributed by atoms with Gasteiger partial charge in [0.05, 0.1) is 0 Å². The van der Waals surface area contributed by atoms with Crippen LogP contribution in [0.3, 0.4) is 0 Å². The summed E-state index contributed by atoms with van der Waals surface area (Å²) >= 11 is 0. The summed E-state index contributed by atoms with van der Waals surface area (Å²) in [7, 11) is 0. The van der Waals surface area contributed by atoms with Gasteiger partial charge >= 0.3 is 0 Å². The van der Waals surface area contributed by atoms with Crippen LogP contribution in [0.5, 0.6) is 0 Å². The van der Waals surface area contributed by atoms with Crippen LogP contribution in [0, 0.1) is 0 Å². The molecule has 1 fully saturated rings. The van der Waals surface area contributed by atoms with Gasteiger partial charge in [-0.25, -0.2) is 4.98 Å². The minimum atomic E-state index is 0.298. The molecular formula is C18H23N3O. The van der Waals surface area contributed by atoms with E-state index in [0.29, 0.717) is 12.3 Å². The van der Waals surface area contributed by atoms with Crippen LogP contribution < -0.4 is 4.90 Å². The van der Waals surface area contributed by atoms with E-state index in [-0.39, 0.29) is 0 Å². The van der Waals surface area contributed by atoms with E-state index in [1.165, 1.54) is 10.8 Å². The molecule has 4 heteroatoms. The first-order chi connectivity index (χ1) is 10.8. The lowest BCUT2D eigenvalue weighted by Crippen LogP contribution is -2.49. The van der Waals surface area contributed by atoms with Crippen LogP contribution >= 0.6 is 0 Å². The largest absolute Gasteiger partial charge is 0.353 e. The number of unbranched alkanes of at least 4 members (excludes halogenated alkanes) is 1. The number of amides is 1. The monoisotopic (exact) mass is 297 g/mol. The molecule has 0 aliphatic carbocycles. The number of aromatic nitrogens is 1. The summed E-state index contributed by atoms with van der Waals surface area (Å²) in [5.74, 6) is 1.34. The second-order valence-electron chi connectivity index (χ2n) is 5.83. The Labute approximate surface area is 131 Å². The molecule has 0 saturated carbocycles. The third kappa shape index (κ3) is 3.06. The summed E-state index contributed by atoms with van der Waals surface area (Å²) < 4.78 is 0. The molecule has 4 nitrogen and oxygen atoms in total. The number of carbonyl (C=O) groups is 1. The maximum Gasteiger partial charge on any atom is 0.222 e. The van der Waals surface area contributed by atoms with Crippen molar-refractivity contribution < 1.29 is 4.79 Å². The highest BCUT2D eigenvalue weighted by molar-refractivity contribution is 5.92. The number of anilines is 1. The van der Waals surface area contributed by atoms with E-state index < -0.39 is 0 Å². The number of hydrogen-bond donors (Lipinski definition) is 0. The van der Waals surface area contributed by atoms with Crippen molar-refractivity contribution in [2.75, 3.05) is 31.1 Å². The zero-order chi connectivity index (χ0) is 15.4. The van der Waals surface area contributed by atoms with Crippen molar-refractivity contribution in [3.05, 3.63) is 36.5 Å². The van der Waals surface area contributed by atoms with Crippen LogP contribution in [0.4, 0.5) is 5.82 Å². The first-order valence-corrected chi connectivity index (χ1v) is 8.16. The molecule has 1 aromatic heterocycles. The molecule has 1 aliphatic heterocycles. The van der Waals surface area contributed by atoms with Gasteiger partial charge in [-0.2, -0.15) is 0 Å². The molecule has 2 aromatic rings. The number of benzene rings is 1. The molecule has 3 rings (SSSR count). The van der Waals surface area contributed by atoms with Gasteiger partial charge in [-0.05, 0) is 17.9 Å². The van der Waals surface area contributed by atoms with E-state index in [9.17, 15) is 4.79 Å². The van der Waals surface area contributed by atoms with Gasteiger partial charge in [0.1, 0.15) is 5.82 Å². The van der Waals surface area contributed by atoms with Crippen molar-refractivity contribution in [2.24, 2.45) is 0 Å². The third-order valence-electron chi connectivity index (χ3n) is 4.33. The Kier molecular flexibility index (Phi) is 4.56. The number of piperazine rings is 1. The fraction of sp³-hybridized carbons (Fsp3) is 0.444. The zero-order valence-corrected chi connectivity index (χ0v) is 13.2. The van der Waals surface area contributed by atoms with Gasteiger partial charge < -0.3 is 9.80 Å². The van der Waals surface area contributed by atoms with Gasteiger partial charge in [0.2, 0.25) is 5.91 Å². The van der Waals surface area contributed by atoms with E-state index in [1.807, 2.05) is 17.2 Å². The van der Waals surface area contributed by atoms with E-state index in [4.69, 9.17) is 0 Å². The molecule has 1 aromatic carbocycles. The van der Waals surface area contributed by atoms with E-state index in [0.717, 1.165) is 44.8 Å². The van der Waals surface area contributed by atoms with Gasteiger partial charge in [-0.3, -0.25) is 4.79 Å². The molecular weight excluding hydrogens is 274 g/mol. The Hall–Kier alpha value is -2.10. The number of fused-ring (bicyclic) bond motifs is 1. The molecule has 0 atom stereocenters. The van der Waals surface area contributed by atoms with Gasteiger partial charge in [-0.15, -0.1) is 0 Å². The van der Waals surface area contributed by atoms with Gasteiger partial charge in [0, 0.05) is 44.2 Å². The molecule has 0 N–H and O–H groups in total. The maximum absolute atomic E-state index is 12.1. The maximum atomic E-state index is 12.1. The van der Waals surface area contributed by atoms with Gasteiger partial charge in [0.15, 0.2) is 0 Å². The lowest BCUT2D eigenvalue weighted by molar-refractivity contribution is -0.131. The topological polar surface area (TPSA) is 36.4 Å². The van der Waals surface area contributed by atoms with Gasteiger partial charge in [0.25, 0.3) is 0 Å². The molecule has 2 heterocycles. The number of rotatable bonds is 4. The van der Waals surface area contributed by atoms with Crippen LogP contribution in [-0.2, 0) is 4.79 Å². The summed E-state index contributed by atoms with van der Waals surface area (Å²) in [6.07, 6.45) is 4.62. The predicted octanol–water partition coefficient (Wildman–Crippen LogP) is 3.07. The number of pyridine rings is 1. The van der Waals surface area contributed by atoms with Gasteiger partial charge in [-0.1, -0.05) is 37.6 Å². The normalized spacial score (nSPS) is 15.3. The average molecular weight is 297 g/mol. The summed E-state index contributed by atoms with van der Waals surface area (Å²) in [6, 6.07) is 10.4. The highest BCUT2D eigenvalue weighted by Gasteiger charge is 2.22. The number of hydrogen-bond acceptors (Lipinski definition) is 3. The summed E-state index contributed by atoms with van der Waals surface area (Å²) in [6.45, 7) is 5.44. The highest BCUT2D eigenvalue weighted by atomic mass is 16.2. The average Bonchev–Trinajstić information content (AvgIpc) is 2.59. The predicted molar refractivity (Wildman–Crippen MR) is 90.1 cm³/mol. The first kappa shape index (κ1) is 14.8. The third-order valence-corrected chi connectivity index (χ3v) is 4.33. The SMILES string of the molecule is CCCCC(=O)N1CCN(c2nccc3ccccc23)CC1. The Bertz CT molecular complexity index is 642. The smallest absolute Gasteiger partial charge is 0.222 e. The molecule has 1 amide bonds. The highest BCUT2D eigenvalue weighted by Crippen LogP contribution is 2.25. The molecule has 0 bridgehead atoms. The van der Waals surface area contributed by atoms with Crippen molar-refractivity contribution in [2.45, 2.75) is 26.2 Å². The number of nitrogens with zero attached hydrogens (tertiary/aromatic N) is 3. The molecule has 1 saturated heterocycles. The molecule has 1 aliphatic rings. The van der Waals surface area contributed by atoms with Crippen LogP contribution in [-0.4, -0.2) is 42.0 Å². The second kappa shape index (κ2) is 6.77. The summed E-state index contributed by atoms with van der Waals surface area (Å²) in [4.78, 5) is 21.0. The van der Waals surface area contributed by atoms with Crippen LogP contribution in [0.25, 0.3) is 10.8 Å². The van der Waals surface area contributed by atoms with Crippen molar-refractivity contribution in [1.29, 1.82) is 0 Å². The Balaban J connectivity index is 1.69. The summed E-state index contributed by atoms with van der Waals surface area (Å²) in [5.41, 5.74) is 0. The van der Waals surface area contributed by atoms with Crippen molar-refractivity contribution in [3.8, 4) is 0 Å². The standard InChI is InChI=1S/C18H23N3O/c1-2-3-8-17(22)20-11-13-21(14-12-20)18-16-7-5-4-6-15(16)9-10-19-18/h4-7,9-10H,2-3,8,11-14H2,1H3. The Morgan fingerprint density at radius 3 is 2.68 bits per heavy atom. The van der Waals surface area contributed by atoms with Crippen LogP contribution in [0.2, 0.25) is 0 Å². The Morgan fingerprint density at radius 1 is 1.14 bits per heavy atom. The zero-order valence-electron chi connectivity index (χ0n) is 13.2. The van der Waals surface area contributed by atoms with E-state index in [2.05, 4.69) is 41.1 Å². The molecule has 0 spiro atoms. The van der Waals surface area contributed by atoms with Crippen molar-refractivity contribution >= 4 is 22.5 Å². The Morgan fingerprint density at radius 2 is 1.91 bits per heavy atom. The number of carbonyl (C=O) groups excluding carboxylic acids is 1. The quantitative estimate of drug-likeness (QED) is 0.870. The van der Waals surface area contributed by atoms with Crippen LogP contribution in [0.15, 0.2) is 36.5 Å². The fourth-order valence-corrected chi connectivity index (χ4v) is 3.01. The molecule has 116 valence electrons. The van der Waals surface area contributed by atoms with E-state index >= 15 is 0 Å². The lowest BCUT2D eigenvalue weighted by atomic mass is 10.1. The minimum absolute atomic E-state index is 0.298.